The molecule has 21 heavy (non-hydrogen) atoms. The average Bonchev–Trinajstić information content (AvgIpc) is 3.16. The van der Waals surface area contributed by atoms with Gasteiger partial charge in [-0.3, -0.25) is 9.48 Å². The van der Waals surface area contributed by atoms with Crippen LogP contribution in [0.15, 0.2) is 43.0 Å². The summed E-state index contributed by atoms with van der Waals surface area (Å²) in [5.74, 6) is 0.0392. The highest BCUT2D eigenvalue weighted by molar-refractivity contribution is 5.76. The molecule has 1 aliphatic rings. The van der Waals surface area contributed by atoms with Crippen LogP contribution in [-0.2, 0) is 16.9 Å². The Morgan fingerprint density at radius 1 is 1.33 bits per heavy atom. The number of aliphatic hydroxyl groups is 1. The van der Waals surface area contributed by atoms with Crippen LogP contribution in [0.3, 0.4) is 0 Å². The summed E-state index contributed by atoms with van der Waals surface area (Å²) in [5.41, 5.74) is -0.0546. The Bertz CT molecular complexity index is 599. The quantitative estimate of drug-likeness (QED) is 0.902. The number of carbonyl (C=O) groups is 1. The molecule has 2 aromatic rings. The Morgan fingerprint density at radius 2 is 2.14 bits per heavy atom. The zero-order valence-corrected chi connectivity index (χ0v) is 11.7. The molecule has 1 aliphatic heterocycles. The second-order valence-electron chi connectivity index (χ2n) is 5.37. The standard InChI is InChI=1S/C15H18N4O2/c20-14(6-8-19-12-16-11-17-19)18-9-7-15(21,10-18)13-4-2-1-3-5-13/h1-5,11-12,21H,6-10H2/t15-/m1/s1. The Morgan fingerprint density at radius 3 is 2.86 bits per heavy atom. The maximum Gasteiger partial charge on any atom is 0.224 e. The van der Waals surface area contributed by atoms with Crippen LogP contribution in [0.25, 0.3) is 0 Å². The highest BCUT2D eigenvalue weighted by atomic mass is 16.3. The van der Waals surface area contributed by atoms with Crippen LogP contribution in [-0.4, -0.2) is 43.8 Å². The lowest BCUT2D eigenvalue weighted by Gasteiger charge is -2.24. The largest absolute Gasteiger partial charge is 0.383 e. The van der Waals surface area contributed by atoms with Gasteiger partial charge in [0.1, 0.15) is 18.3 Å². The first kappa shape index (κ1) is 13.8. The van der Waals surface area contributed by atoms with Gasteiger partial charge in [-0.1, -0.05) is 30.3 Å². The molecule has 1 aromatic heterocycles. The van der Waals surface area contributed by atoms with E-state index in [9.17, 15) is 9.90 Å². The second kappa shape index (κ2) is 5.65. The summed E-state index contributed by atoms with van der Waals surface area (Å²) in [6.45, 7) is 1.45. The number of aryl methyl sites for hydroxylation is 1. The van der Waals surface area contributed by atoms with E-state index in [4.69, 9.17) is 0 Å². The first-order valence-electron chi connectivity index (χ1n) is 7.05. The van der Waals surface area contributed by atoms with E-state index >= 15 is 0 Å². The molecule has 0 spiro atoms. The van der Waals surface area contributed by atoms with Crippen LogP contribution in [0.1, 0.15) is 18.4 Å². The zero-order valence-electron chi connectivity index (χ0n) is 11.7. The summed E-state index contributed by atoms with van der Waals surface area (Å²) in [5, 5.41) is 14.7. The molecule has 0 saturated carbocycles. The van der Waals surface area contributed by atoms with Crippen molar-refractivity contribution in [2.45, 2.75) is 25.0 Å². The monoisotopic (exact) mass is 286 g/mol. The number of β-amino-alcohol motifs (C(OH)–C–C–N with tert-alkyl or cyclic N) is 1. The number of aromatic nitrogens is 3. The van der Waals surface area contributed by atoms with E-state index in [2.05, 4.69) is 10.1 Å². The molecule has 110 valence electrons. The molecule has 3 rings (SSSR count). The first-order valence-corrected chi connectivity index (χ1v) is 7.05. The van der Waals surface area contributed by atoms with Crippen LogP contribution in [0.2, 0.25) is 0 Å². The fourth-order valence-corrected chi connectivity index (χ4v) is 2.71. The number of benzene rings is 1. The number of rotatable bonds is 4. The molecular weight excluding hydrogens is 268 g/mol. The van der Waals surface area contributed by atoms with Crippen molar-refractivity contribution in [2.75, 3.05) is 13.1 Å². The van der Waals surface area contributed by atoms with Gasteiger partial charge in [0.2, 0.25) is 5.91 Å². The van der Waals surface area contributed by atoms with Gasteiger partial charge in [-0.25, -0.2) is 4.98 Å². The normalized spacial score (nSPS) is 21.7. The molecule has 1 fully saturated rings. The van der Waals surface area contributed by atoms with E-state index in [-0.39, 0.29) is 5.91 Å². The van der Waals surface area contributed by atoms with E-state index in [1.54, 1.807) is 15.9 Å². The van der Waals surface area contributed by atoms with Crippen LogP contribution < -0.4 is 0 Å². The van der Waals surface area contributed by atoms with Gasteiger partial charge >= 0.3 is 0 Å². The predicted octanol–water partition coefficient (Wildman–Crippen LogP) is 0.788. The van der Waals surface area contributed by atoms with Gasteiger partial charge in [-0.15, -0.1) is 0 Å². The number of hydrogen-bond donors (Lipinski definition) is 1. The van der Waals surface area contributed by atoms with Gasteiger partial charge < -0.3 is 10.0 Å². The minimum absolute atomic E-state index is 0.0392. The molecule has 1 N–H and O–H groups in total. The van der Waals surface area contributed by atoms with Gasteiger partial charge in [0.25, 0.3) is 0 Å². The van der Waals surface area contributed by atoms with Crippen LogP contribution in [0.5, 0.6) is 0 Å². The summed E-state index contributed by atoms with van der Waals surface area (Å²) in [4.78, 5) is 17.8. The van der Waals surface area contributed by atoms with Crippen molar-refractivity contribution in [3.8, 4) is 0 Å². The molecular formula is C15H18N4O2. The SMILES string of the molecule is O=C(CCn1cncn1)N1CC[C@](O)(c2ccccc2)C1. The molecule has 1 atom stereocenters. The van der Waals surface area contributed by atoms with Crippen molar-refractivity contribution in [2.24, 2.45) is 0 Å². The van der Waals surface area contributed by atoms with E-state index in [1.165, 1.54) is 6.33 Å². The molecule has 1 amide bonds. The number of amides is 1. The third kappa shape index (κ3) is 2.95. The molecule has 0 radical (unpaired) electrons. The van der Waals surface area contributed by atoms with E-state index in [0.717, 1.165) is 5.56 Å². The smallest absolute Gasteiger partial charge is 0.224 e. The molecule has 0 aliphatic carbocycles. The maximum absolute atomic E-state index is 12.2. The molecule has 1 aromatic carbocycles. The number of hydrogen-bond acceptors (Lipinski definition) is 4. The van der Waals surface area contributed by atoms with Gasteiger partial charge in [0.05, 0.1) is 13.1 Å². The summed E-state index contributed by atoms with van der Waals surface area (Å²) < 4.78 is 1.64. The van der Waals surface area contributed by atoms with Gasteiger partial charge in [0, 0.05) is 13.0 Å². The number of nitrogens with zero attached hydrogens (tertiary/aromatic N) is 4. The van der Waals surface area contributed by atoms with Gasteiger partial charge in [-0.2, -0.15) is 5.10 Å². The fraction of sp³-hybridized carbons (Fsp3) is 0.400. The summed E-state index contributed by atoms with van der Waals surface area (Å²) >= 11 is 0. The topological polar surface area (TPSA) is 71.2 Å². The summed E-state index contributed by atoms with van der Waals surface area (Å²) in [6, 6.07) is 9.54. The lowest BCUT2D eigenvalue weighted by molar-refractivity contribution is -0.131. The molecule has 2 heterocycles. The molecule has 6 nitrogen and oxygen atoms in total. The molecule has 0 unspecified atom stereocenters. The zero-order chi connectivity index (χ0) is 14.7. The third-order valence-corrected chi connectivity index (χ3v) is 3.93. The van der Waals surface area contributed by atoms with Crippen LogP contribution >= 0.6 is 0 Å². The van der Waals surface area contributed by atoms with Crippen molar-refractivity contribution in [1.29, 1.82) is 0 Å². The Kier molecular flexibility index (Phi) is 3.70. The van der Waals surface area contributed by atoms with Crippen molar-refractivity contribution in [1.82, 2.24) is 19.7 Å². The van der Waals surface area contributed by atoms with Crippen molar-refractivity contribution < 1.29 is 9.90 Å². The van der Waals surface area contributed by atoms with Gasteiger partial charge in [-0.05, 0) is 12.0 Å². The first-order chi connectivity index (χ1) is 10.2. The van der Waals surface area contributed by atoms with Crippen molar-refractivity contribution in [3.63, 3.8) is 0 Å². The molecule has 1 saturated heterocycles. The predicted molar refractivity (Wildman–Crippen MR) is 76.2 cm³/mol. The molecule has 0 bridgehead atoms. The maximum atomic E-state index is 12.2. The highest BCUT2D eigenvalue weighted by Crippen LogP contribution is 2.31. The van der Waals surface area contributed by atoms with E-state index in [0.29, 0.717) is 32.5 Å². The van der Waals surface area contributed by atoms with E-state index in [1.807, 2.05) is 30.3 Å². The minimum Gasteiger partial charge on any atom is -0.383 e. The Hall–Kier alpha value is -2.21. The second-order valence-corrected chi connectivity index (χ2v) is 5.37. The molecule has 6 heteroatoms. The summed E-state index contributed by atoms with van der Waals surface area (Å²) in [7, 11) is 0. The number of likely N-dealkylation sites (tertiary alicyclic amines) is 1. The lowest BCUT2D eigenvalue weighted by Crippen LogP contribution is -2.34. The lowest BCUT2D eigenvalue weighted by atomic mass is 9.93. The van der Waals surface area contributed by atoms with Crippen molar-refractivity contribution in [3.05, 3.63) is 48.5 Å². The third-order valence-electron chi connectivity index (χ3n) is 3.93. The Balaban J connectivity index is 1.60. The Labute approximate surface area is 123 Å². The van der Waals surface area contributed by atoms with Crippen molar-refractivity contribution >= 4 is 5.91 Å². The average molecular weight is 286 g/mol. The minimum atomic E-state index is -0.926. The van der Waals surface area contributed by atoms with E-state index < -0.39 is 5.60 Å². The fourth-order valence-electron chi connectivity index (χ4n) is 2.71. The number of carbonyl (C=O) groups excluding carboxylic acids is 1. The van der Waals surface area contributed by atoms with Gasteiger partial charge in [0.15, 0.2) is 0 Å². The van der Waals surface area contributed by atoms with Crippen LogP contribution in [0.4, 0.5) is 0 Å². The highest BCUT2D eigenvalue weighted by Gasteiger charge is 2.39. The van der Waals surface area contributed by atoms with Crippen LogP contribution in [0, 0.1) is 0 Å². The summed E-state index contributed by atoms with van der Waals surface area (Å²) in [6.07, 6.45) is 3.99.